The van der Waals surface area contributed by atoms with E-state index >= 15 is 0 Å². The molecule has 1 aliphatic rings. The van der Waals surface area contributed by atoms with Crippen molar-refractivity contribution in [1.29, 1.82) is 0 Å². The number of carbonyl (C=O) groups is 1. The Morgan fingerprint density at radius 1 is 1.04 bits per heavy atom. The Balaban J connectivity index is 1.88. The van der Waals surface area contributed by atoms with Crippen LogP contribution in [0.15, 0.2) is 48.5 Å². The van der Waals surface area contributed by atoms with E-state index in [0.717, 1.165) is 38.1 Å². The molecular formula is C19H19F3N2O. The van der Waals surface area contributed by atoms with Crippen molar-refractivity contribution >= 4 is 11.6 Å². The lowest BCUT2D eigenvalue weighted by atomic mass is 10.1. The Labute approximate surface area is 144 Å². The Morgan fingerprint density at radius 3 is 2.36 bits per heavy atom. The first-order valence-corrected chi connectivity index (χ1v) is 8.22. The fourth-order valence-corrected chi connectivity index (χ4v) is 2.97. The summed E-state index contributed by atoms with van der Waals surface area (Å²) in [7, 11) is 0. The van der Waals surface area contributed by atoms with E-state index < -0.39 is 17.6 Å². The van der Waals surface area contributed by atoms with E-state index in [-0.39, 0.29) is 5.69 Å². The molecule has 25 heavy (non-hydrogen) atoms. The van der Waals surface area contributed by atoms with E-state index in [2.05, 4.69) is 10.2 Å². The lowest BCUT2D eigenvalue weighted by molar-refractivity contribution is -0.137. The number of rotatable bonds is 4. The van der Waals surface area contributed by atoms with Crippen molar-refractivity contribution in [2.45, 2.75) is 25.6 Å². The molecule has 0 unspecified atom stereocenters. The molecule has 0 radical (unpaired) electrons. The Hall–Kier alpha value is -2.34. The number of benzene rings is 2. The molecule has 3 rings (SSSR count). The number of likely N-dealkylation sites (tertiary alicyclic amines) is 1. The minimum Gasteiger partial charge on any atom is -0.322 e. The maximum absolute atomic E-state index is 13.0. The van der Waals surface area contributed by atoms with Crippen molar-refractivity contribution in [3.8, 4) is 0 Å². The highest BCUT2D eigenvalue weighted by Gasteiger charge is 2.31. The van der Waals surface area contributed by atoms with Gasteiger partial charge in [0.1, 0.15) is 0 Å². The van der Waals surface area contributed by atoms with E-state index in [1.165, 1.54) is 6.07 Å². The molecule has 0 aliphatic carbocycles. The molecule has 2 aromatic carbocycles. The van der Waals surface area contributed by atoms with Crippen LogP contribution in [0.3, 0.4) is 0 Å². The van der Waals surface area contributed by atoms with Crippen LogP contribution in [0, 0.1) is 0 Å². The van der Waals surface area contributed by atoms with Gasteiger partial charge in [-0.2, -0.15) is 13.2 Å². The van der Waals surface area contributed by atoms with Gasteiger partial charge in [0, 0.05) is 17.8 Å². The first-order chi connectivity index (χ1) is 11.9. The molecule has 0 aromatic heterocycles. The number of nitrogens with one attached hydrogen (secondary N) is 1. The molecule has 0 atom stereocenters. The summed E-state index contributed by atoms with van der Waals surface area (Å²) in [5.74, 6) is -0.414. The lowest BCUT2D eigenvalue weighted by Gasteiger charge is -2.19. The first kappa shape index (κ1) is 17.5. The van der Waals surface area contributed by atoms with Gasteiger partial charge in [-0.3, -0.25) is 9.69 Å². The second kappa shape index (κ2) is 7.27. The summed E-state index contributed by atoms with van der Waals surface area (Å²) in [5.41, 5.74) is 0.558. The van der Waals surface area contributed by atoms with Gasteiger partial charge in [-0.1, -0.05) is 24.3 Å². The smallest absolute Gasteiger partial charge is 0.322 e. The standard InChI is InChI=1S/C19H19F3N2O/c20-19(21,22)16-9-8-15(13-24-10-4-5-11-24)17(12-16)23-18(25)14-6-2-1-3-7-14/h1-3,6-9,12H,4-5,10-11,13H2,(H,23,25). The van der Waals surface area contributed by atoms with Gasteiger partial charge >= 0.3 is 6.18 Å². The van der Waals surface area contributed by atoms with Gasteiger partial charge in [0.25, 0.3) is 5.91 Å². The largest absolute Gasteiger partial charge is 0.416 e. The highest BCUT2D eigenvalue weighted by Crippen LogP contribution is 2.33. The Morgan fingerprint density at radius 2 is 1.72 bits per heavy atom. The molecule has 1 amide bonds. The third kappa shape index (κ3) is 4.39. The number of alkyl halides is 3. The molecule has 0 saturated carbocycles. The quantitative estimate of drug-likeness (QED) is 0.879. The minimum absolute atomic E-state index is 0.218. The average Bonchev–Trinajstić information content (AvgIpc) is 3.09. The first-order valence-electron chi connectivity index (χ1n) is 8.22. The number of nitrogens with zero attached hydrogens (tertiary/aromatic N) is 1. The molecule has 3 nitrogen and oxygen atoms in total. The fraction of sp³-hybridized carbons (Fsp3) is 0.316. The molecule has 0 bridgehead atoms. The van der Waals surface area contributed by atoms with Crippen molar-refractivity contribution in [1.82, 2.24) is 4.90 Å². The van der Waals surface area contributed by atoms with Crippen LogP contribution in [0.2, 0.25) is 0 Å². The van der Waals surface area contributed by atoms with Gasteiger partial charge in [0.05, 0.1) is 5.56 Å². The van der Waals surface area contributed by atoms with Crippen LogP contribution in [0.1, 0.15) is 34.3 Å². The summed E-state index contributed by atoms with van der Waals surface area (Å²) in [6, 6.07) is 12.0. The number of hydrogen-bond acceptors (Lipinski definition) is 2. The van der Waals surface area contributed by atoms with E-state index in [0.29, 0.717) is 17.7 Å². The maximum atomic E-state index is 13.0. The fourth-order valence-electron chi connectivity index (χ4n) is 2.97. The van der Waals surface area contributed by atoms with Crippen molar-refractivity contribution in [3.63, 3.8) is 0 Å². The van der Waals surface area contributed by atoms with Crippen LogP contribution in [0.25, 0.3) is 0 Å². The second-order valence-electron chi connectivity index (χ2n) is 6.17. The molecule has 1 aliphatic heterocycles. The highest BCUT2D eigenvalue weighted by atomic mass is 19.4. The number of anilines is 1. The van der Waals surface area contributed by atoms with Crippen LogP contribution < -0.4 is 5.32 Å². The molecule has 1 saturated heterocycles. The van der Waals surface area contributed by atoms with Gasteiger partial charge in [0.15, 0.2) is 0 Å². The molecule has 6 heteroatoms. The number of hydrogen-bond donors (Lipinski definition) is 1. The number of amides is 1. The van der Waals surface area contributed by atoms with E-state index in [9.17, 15) is 18.0 Å². The van der Waals surface area contributed by atoms with Crippen LogP contribution in [0.4, 0.5) is 18.9 Å². The molecule has 132 valence electrons. The van der Waals surface area contributed by atoms with Gasteiger partial charge in [-0.15, -0.1) is 0 Å². The third-order valence-electron chi connectivity index (χ3n) is 4.31. The maximum Gasteiger partial charge on any atom is 0.416 e. The summed E-state index contributed by atoms with van der Waals surface area (Å²) in [6.45, 7) is 2.38. The zero-order chi connectivity index (χ0) is 17.9. The zero-order valence-corrected chi connectivity index (χ0v) is 13.6. The molecule has 1 heterocycles. The molecule has 1 fully saturated rings. The molecule has 0 spiro atoms. The van der Waals surface area contributed by atoms with Gasteiger partial charge in [0.2, 0.25) is 0 Å². The number of halogens is 3. The van der Waals surface area contributed by atoms with Crippen molar-refractivity contribution in [2.24, 2.45) is 0 Å². The summed E-state index contributed by atoms with van der Waals surface area (Å²) >= 11 is 0. The minimum atomic E-state index is -4.45. The molecular weight excluding hydrogens is 329 g/mol. The van der Waals surface area contributed by atoms with Crippen molar-refractivity contribution in [3.05, 3.63) is 65.2 Å². The Kier molecular flexibility index (Phi) is 5.08. The van der Waals surface area contributed by atoms with E-state index in [4.69, 9.17) is 0 Å². The zero-order valence-electron chi connectivity index (χ0n) is 13.6. The predicted molar refractivity (Wildman–Crippen MR) is 90.4 cm³/mol. The Bertz CT molecular complexity index is 738. The summed E-state index contributed by atoms with van der Waals surface area (Å²) in [4.78, 5) is 14.5. The monoisotopic (exact) mass is 348 g/mol. The molecule has 2 aromatic rings. The average molecular weight is 348 g/mol. The third-order valence-corrected chi connectivity index (χ3v) is 4.31. The lowest BCUT2D eigenvalue weighted by Crippen LogP contribution is -2.21. The summed E-state index contributed by atoms with van der Waals surface area (Å²) < 4.78 is 39.1. The summed E-state index contributed by atoms with van der Waals surface area (Å²) in [6.07, 6.45) is -2.27. The highest BCUT2D eigenvalue weighted by molar-refractivity contribution is 6.04. The van der Waals surface area contributed by atoms with Gasteiger partial charge < -0.3 is 5.32 Å². The van der Waals surface area contributed by atoms with Gasteiger partial charge in [-0.05, 0) is 55.8 Å². The van der Waals surface area contributed by atoms with Crippen LogP contribution >= 0.6 is 0 Å². The SMILES string of the molecule is O=C(Nc1cc(C(F)(F)F)ccc1CN1CCCC1)c1ccccc1. The van der Waals surface area contributed by atoms with Crippen molar-refractivity contribution < 1.29 is 18.0 Å². The van der Waals surface area contributed by atoms with Crippen LogP contribution in [-0.4, -0.2) is 23.9 Å². The van der Waals surface area contributed by atoms with Crippen LogP contribution in [0.5, 0.6) is 0 Å². The molecule has 1 N–H and O–H groups in total. The van der Waals surface area contributed by atoms with E-state index in [1.807, 2.05) is 0 Å². The van der Waals surface area contributed by atoms with Crippen molar-refractivity contribution in [2.75, 3.05) is 18.4 Å². The number of carbonyl (C=O) groups excluding carboxylic acids is 1. The topological polar surface area (TPSA) is 32.3 Å². The van der Waals surface area contributed by atoms with Gasteiger partial charge in [-0.25, -0.2) is 0 Å². The normalized spacial score (nSPS) is 15.3. The van der Waals surface area contributed by atoms with Crippen LogP contribution in [-0.2, 0) is 12.7 Å². The predicted octanol–water partition coefficient (Wildman–Crippen LogP) is 4.55. The van der Waals surface area contributed by atoms with E-state index in [1.54, 1.807) is 30.3 Å². The summed E-state index contributed by atoms with van der Waals surface area (Å²) in [5, 5.41) is 2.65. The second-order valence-corrected chi connectivity index (χ2v) is 6.17.